The first-order chi connectivity index (χ1) is 8.08. The molecule has 0 aliphatic rings. The Hall–Kier alpha value is -1.66. The molecule has 3 N–H and O–H groups in total. The molecule has 0 atom stereocenters. The van der Waals surface area contributed by atoms with Crippen molar-refractivity contribution < 1.29 is 0 Å². The number of nitrogens with one attached hydrogen (secondary N) is 1. The predicted molar refractivity (Wildman–Crippen MR) is 68.1 cm³/mol. The number of nitrogen functional groups attached to an aromatic ring is 1. The molecule has 7 heteroatoms. The molecular formula is C10H9ClN4OS. The number of nitrogens with zero attached hydrogens (tertiary/aromatic N) is 2. The summed E-state index contributed by atoms with van der Waals surface area (Å²) in [6.07, 6.45) is 0.374. The number of hydrogen-bond acceptors (Lipinski definition) is 4. The normalized spacial score (nSPS) is 10.4. The molecular weight excluding hydrogens is 260 g/mol. The van der Waals surface area contributed by atoms with Gasteiger partial charge >= 0.3 is 0 Å². The summed E-state index contributed by atoms with van der Waals surface area (Å²) in [7, 11) is 0. The first-order valence-corrected chi connectivity index (χ1v) is 5.56. The van der Waals surface area contributed by atoms with E-state index < -0.39 is 5.56 Å². The summed E-state index contributed by atoms with van der Waals surface area (Å²) in [6.45, 7) is 0. The lowest BCUT2D eigenvalue weighted by Crippen LogP contribution is -2.32. The molecule has 0 saturated carbocycles. The molecule has 1 aromatic carbocycles. The predicted octanol–water partition coefficient (Wildman–Crippen LogP) is 1.26. The SMILES string of the molecule is Nn1c(=S)[nH]nc(Cc2ccc(Cl)cc2)c1=O. The average Bonchev–Trinajstić information content (AvgIpc) is 2.33. The topological polar surface area (TPSA) is 76.7 Å². The maximum Gasteiger partial charge on any atom is 0.295 e. The second-order valence-corrected chi connectivity index (χ2v) is 4.28. The van der Waals surface area contributed by atoms with Gasteiger partial charge in [-0.25, -0.2) is 0 Å². The molecule has 2 aromatic rings. The lowest BCUT2D eigenvalue weighted by Gasteiger charge is -2.02. The number of rotatable bonds is 2. The molecule has 2 rings (SSSR count). The van der Waals surface area contributed by atoms with Crippen LogP contribution in [-0.2, 0) is 6.42 Å². The Balaban J connectivity index is 2.37. The number of hydrogen-bond donors (Lipinski definition) is 2. The summed E-state index contributed by atoms with van der Waals surface area (Å²) in [5.74, 6) is 5.47. The van der Waals surface area contributed by atoms with E-state index in [1.165, 1.54) is 0 Å². The third-order valence-electron chi connectivity index (χ3n) is 2.26. The van der Waals surface area contributed by atoms with Gasteiger partial charge in [0.15, 0.2) is 0 Å². The van der Waals surface area contributed by atoms with E-state index >= 15 is 0 Å². The Morgan fingerprint density at radius 2 is 2.06 bits per heavy atom. The zero-order valence-electron chi connectivity index (χ0n) is 8.68. The van der Waals surface area contributed by atoms with Crippen LogP contribution in [0.4, 0.5) is 0 Å². The van der Waals surface area contributed by atoms with E-state index in [1.807, 2.05) is 12.1 Å². The van der Waals surface area contributed by atoms with Crippen molar-refractivity contribution in [2.45, 2.75) is 6.42 Å². The fraction of sp³-hybridized carbons (Fsp3) is 0.100. The molecule has 0 spiro atoms. The molecule has 0 saturated heterocycles. The first kappa shape index (κ1) is 11.8. The summed E-state index contributed by atoms with van der Waals surface area (Å²) in [4.78, 5) is 11.7. The molecule has 0 radical (unpaired) electrons. The van der Waals surface area contributed by atoms with Crippen molar-refractivity contribution in [3.8, 4) is 0 Å². The minimum atomic E-state index is -0.399. The molecule has 0 amide bonds. The van der Waals surface area contributed by atoms with Crippen LogP contribution in [-0.4, -0.2) is 14.9 Å². The van der Waals surface area contributed by atoms with Crippen LogP contribution in [0.1, 0.15) is 11.3 Å². The van der Waals surface area contributed by atoms with Gasteiger partial charge in [-0.1, -0.05) is 23.7 Å². The van der Waals surface area contributed by atoms with E-state index in [9.17, 15) is 4.79 Å². The summed E-state index contributed by atoms with van der Waals surface area (Å²) >= 11 is 10.6. The standard InChI is InChI=1S/C10H9ClN4OS/c11-7-3-1-6(2-4-7)5-8-9(16)15(12)10(17)14-13-8/h1-4H,5,12H2,(H,14,17). The van der Waals surface area contributed by atoms with Gasteiger partial charge in [-0.15, -0.1) is 0 Å². The summed E-state index contributed by atoms with van der Waals surface area (Å²) in [5.41, 5.74) is 0.830. The Morgan fingerprint density at radius 1 is 1.41 bits per heavy atom. The van der Waals surface area contributed by atoms with Crippen molar-refractivity contribution in [1.82, 2.24) is 14.9 Å². The number of H-pyrrole nitrogens is 1. The van der Waals surface area contributed by atoms with Crippen molar-refractivity contribution in [2.24, 2.45) is 0 Å². The fourth-order valence-corrected chi connectivity index (χ4v) is 1.61. The van der Waals surface area contributed by atoms with E-state index in [0.29, 0.717) is 17.1 Å². The van der Waals surface area contributed by atoms with Gasteiger partial charge in [0.2, 0.25) is 4.77 Å². The highest BCUT2D eigenvalue weighted by molar-refractivity contribution is 7.71. The molecule has 0 bridgehead atoms. The van der Waals surface area contributed by atoms with Gasteiger partial charge in [-0.05, 0) is 29.9 Å². The first-order valence-electron chi connectivity index (χ1n) is 4.78. The van der Waals surface area contributed by atoms with Crippen LogP contribution in [0, 0.1) is 4.77 Å². The highest BCUT2D eigenvalue weighted by Crippen LogP contribution is 2.10. The second kappa shape index (κ2) is 4.68. The molecule has 1 aromatic heterocycles. The van der Waals surface area contributed by atoms with E-state index in [2.05, 4.69) is 10.2 Å². The lowest BCUT2D eigenvalue weighted by molar-refractivity contribution is 0.759. The zero-order chi connectivity index (χ0) is 12.4. The minimum absolute atomic E-state index is 0.0925. The Kier molecular flexibility index (Phi) is 3.26. The molecule has 0 aliphatic heterocycles. The van der Waals surface area contributed by atoms with Gasteiger partial charge in [0, 0.05) is 11.4 Å². The van der Waals surface area contributed by atoms with Crippen molar-refractivity contribution in [3.63, 3.8) is 0 Å². The fourth-order valence-electron chi connectivity index (χ4n) is 1.36. The number of benzene rings is 1. The second-order valence-electron chi connectivity index (χ2n) is 3.45. The number of aromatic amines is 1. The van der Waals surface area contributed by atoms with Gasteiger partial charge < -0.3 is 5.84 Å². The maximum atomic E-state index is 11.7. The van der Waals surface area contributed by atoms with E-state index in [4.69, 9.17) is 29.7 Å². The molecule has 0 aliphatic carbocycles. The smallest absolute Gasteiger partial charge is 0.295 e. The highest BCUT2D eigenvalue weighted by Gasteiger charge is 2.06. The average molecular weight is 269 g/mol. The quantitative estimate of drug-likeness (QED) is 0.635. The summed E-state index contributed by atoms with van der Waals surface area (Å²) < 4.78 is 0.961. The van der Waals surface area contributed by atoms with Crippen LogP contribution in [0.25, 0.3) is 0 Å². The Labute approximate surface area is 107 Å². The van der Waals surface area contributed by atoms with E-state index in [0.717, 1.165) is 10.2 Å². The zero-order valence-corrected chi connectivity index (χ0v) is 10.3. The van der Waals surface area contributed by atoms with Gasteiger partial charge in [0.05, 0.1) is 0 Å². The van der Waals surface area contributed by atoms with Crippen LogP contribution in [0.15, 0.2) is 29.1 Å². The van der Waals surface area contributed by atoms with Crippen LogP contribution >= 0.6 is 23.8 Å². The molecule has 17 heavy (non-hydrogen) atoms. The van der Waals surface area contributed by atoms with Gasteiger partial charge in [-0.3, -0.25) is 9.89 Å². The lowest BCUT2D eigenvalue weighted by atomic mass is 10.1. The number of nitrogens with two attached hydrogens (primary N) is 1. The minimum Gasteiger partial charge on any atom is -0.334 e. The Bertz CT molecular complexity index is 647. The van der Waals surface area contributed by atoms with Gasteiger partial charge in [0.25, 0.3) is 5.56 Å². The molecule has 0 fully saturated rings. The van der Waals surface area contributed by atoms with Gasteiger partial charge in [0.1, 0.15) is 5.69 Å². The third kappa shape index (κ3) is 2.54. The van der Waals surface area contributed by atoms with Crippen molar-refractivity contribution in [2.75, 3.05) is 5.84 Å². The van der Waals surface area contributed by atoms with Crippen LogP contribution < -0.4 is 11.4 Å². The van der Waals surface area contributed by atoms with Gasteiger partial charge in [-0.2, -0.15) is 9.77 Å². The van der Waals surface area contributed by atoms with Crippen LogP contribution in [0.3, 0.4) is 0 Å². The number of aromatic nitrogens is 3. The monoisotopic (exact) mass is 268 g/mol. The Morgan fingerprint density at radius 3 is 2.71 bits per heavy atom. The highest BCUT2D eigenvalue weighted by atomic mass is 35.5. The summed E-state index contributed by atoms with van der Waals surface area (Å²) in [6, 6.07) is 7.16. The molecule has 1 heterocycles. The van der Waals surface area contributed by atoms with E-state index in [1.54, 1.807) is 12.1 Å². The summed E-state index contributed by atoms with van der Waals surface area (Å²) in [5, 5.41) is 7.04. The molecule has 5 nitrogen and oxygen atoms in total. The van der Waals surface area contributed by atoms with Crippen molar-refractivity contribution >= 4 is 23.8 Å². The van der Waals surface area contributed by atoms with Crippen LogP contribution in [0.2, 0.25) is 5.02 Å². The van der Waals surface area contributed by atoms with Crippen molar-refractivity contribution in [1.29, 1.82) is 0 Å². The number of halogens is 1. The molecule has 88 valence electrons. The third-order valence-corrected chi connectivity index (χ3v) is 2.80. The largest absolute Gasteiger partial charge is 0.334 e. The van der Waals surface area contributed by atoms with E-state index in [-0.39, 0.29) is 4.77 Å². The van der Waals surface area contributed by atoms with Crippen molar-refractivity contribution in [3.05, 3.63) is 55.7 Å². The van der Waals surface area contributed by atoms with Crippen LogP contribution in [0.5, 0.6) is 0 Å². The maximum absolute atomic E-state index is 11.7. The molecule has 0 unspecified atom stereocenters.